The maximum absolute atomic E-state index is 9.47. The van der Waals surface area contributed by atoms with E-state index in [1.54, 1.807) is 14.0 Å². The molecule has 2 rings (SSSR count). The monoisotopic (exact) mass is 250 g/mol. The van der Waals surface area contributed by atoms with Crippen molar-refractivity contribution >= 4 is 22.4 Å². The standard InChI is InChI=1S/C14H15ClO2/c1-9(16)5-12-6-11-7-13(15)4-3-10(11)8-14(12)17-2/h3-4,6-9,16H,5H2,1-2H3. The van der Waals surface area contributed by atoms with Gasteiger partial charge in [0.1, 0.15) is 5.75 Å². The number of hydrogen-bond donors (Lipinski definition) is 1. The average Bonchev–Trinajstić information content (AvgIpc) is 2.27. The largest absolute Gasteiger partial charge is 0.496 e. The van der Waals surface area contributed by atoms with Crippen molar-refractivity contribution in [2.75, 3.05) is 7.11 Å². The van der Waals surface area contributed by atoms with Crippen molar-refractivity contribution in [2.24, 2.45) is 0 Å². The minimum absolute atomic E-state index is 0.388. The van der Waals surface area contributed by atoms with Gasteiger partial charge in [-0.2, -0.15) is 0 Å². The molecule has 0 bridgehead atoms. The molecule has 1 atom stereocenters. The summed E-state index contributed by atoms with van der Waals surface area (Å²) in [6.45, 7) is 1.77. The zero-order valence-corrected chi connectivity index (χ0v) is 10.7. The van der Waals surface area contributed by atoms with Gasteiger partial charge in [-0.15, -0.1) is 0 Å². The smallest absolute Gasteiger partial charge is 0.122 e. The fraction of sp³-hybridized carbons (Fsp3) is 0.286. The Kier molecular flexibility index (Phi) is 3.55. The van der Waals surface area contributed by atoms with Gasteiger partial charge >= 0.3 is 0 Å². The van der Waals surface area contributed by atoms with Crippen LogP contribution in [0.3, 0.4) is 0 Å². The first-order valence-electron chi connectivity index (χ1n) is 5.54. The fourth-order valence-electron chi connectivity index (χ4n) is 1.96. The summed E-state index contributed by atoms with van der Waals surface area (Å²) in [7, 11) is 1.64. The third kappa shape index (κ3) is 2.71. The first-order chi connectivity index (χ1) is 8.10. The predicted molar refractivity (Wildman–Crippen MR) is 70.9 cm³/mol. The van der Waals surface area contributed by atoms with E-state index in [4.69, 9.17) is 16.3 Å². The lowest BCUT2D eigenvalue weighted by Crippen LogP contribution is -2.05. The summed E-state index contributed by atoms with van der Waals surface area (Å²) in [5.41, 5.74) is 0.997. The van der Waals surface area contributed by atoms with Crippen molar-refractivity contribution in [1.29, 1.82) is 0 Å². The molecular formula is C14H15ClO2. The van der Waals surface area contributed by atoms with Crippen molar-refractivity contribution in [2.45, 2.75) is 19.4 Å². The highest BCUT2D eigenvalue weighted by atomic mass is 35.5. The second kappa shape index (κ2) is 4.94. The normalized spacial score (nSPS) is 12.7. The summed E-state index contributed by atoms with van der Waals surface area (Å²) in [5, 5.41) is 12.3. The van der Waals surface area contributed by atoms with E-state index in [1.165, 1.54) is 0 Å². The van der Waals surface area contributed by atoms with Crippen LogP contribution in [0.4, 0.5) is 0 Å². The lowest BCUT2D eigenvalue weighted by molar-refractivity contribution is 0.194. The van der Waals surface area contributed by atoms with Crippen molar-refractivity contribution in [3.8, 4) is 5.75 Å². The highest BCUT2D eigenvalue weighted by molar-refractivity contribution is 6.31. The quantitative estimate of drug-likeness (QED) is 0.905. The molecular weight excluding hydrogens is 236 g/mol. The van der Waals surface area contributed by atoms with Crippen LogP contribution < -0.4 is 4.74 Å². The van der Waals surface area contributed by atoms with E-state index in [0.717, 1.165) is 22.1 Å². The topological polar surface area (TPSA) is 29.5 Å². The fourth-order valence-corrected chi connectivity index (χ4v) is 2.14. The second-order valence-electron chi connectivity index (χ2n) is 4.21. The minimum Gasteiger partial charge on any atom is -0.496 e. The maximum Gasteiger partial charge on any atom is 0.122 e. The van der Waals surface area contributed by atoms with Crippen molar-refractivity contribution in [1.82, 2.24) is 0 Å². The number of methoxy groups -OCH3 is 1. The summed E-state index contributed by atoms with van der Waals surface area (Å²) >= 11 is 5.97. The molecule has 90 valence electrons. The molecule has 0 aliphatic carbocycles. The molecule has 0 fully saturated rings. The lowest BCUT2D eigenvalue weighted by atomic mass is 10.0. The molecule has 1 unspecified atom stereocenters. The van der Waals surface area contributed by atoms with Crippen molar-refractivity contribution in [3.05, 3.63) is 40.9 Å². The Labute approximate surface area is 106 Å². The summed E-state index contributed by atoms with van der Waals surface area (Å²) in [5.74, 6) is 0.806. The molecule has 1 N–H and O–H groups in total. The molecule has 0 aromatic heterocycles. The molecule has 0 saturated heterocycles. The Morgan fingerprint density at radius 2 is 2.00 bits per heavy atom. The highest BCUT2D eigenvalue weighted by Crippen LogP contribution is 2.28. The molecule has 0 spiro atoms. The van der Waals surface area contributed by atoms with Crippen LogP contribution in [0.2, 0.25) is 5.02 Å². The molecule has 0 amide bonds. The van der Waals surface area contributed by atoms with E-state index >= 15 is 0 Å². The van der Waals surface area contributed by atoms with E-state index in [-0.39, 0.29) is 6.10 Å². The number of aliphatic hydroxyl groups excluding tert-OH is 1. The minimum atomic E-state index is -0.388. The van der Waals surface area contributed by atoms with Gasteiger partial charge in [0.2, 0.25) is 0 Å². The van der Waals surface area contributed by atoms with E-state index in [2.05, 4.69) is 0 Å². The summed E-state index contributed by atoms with van der Waals surface area (Å²) in [6.07, 6.45) is 0.187. The molecule has 0 saturated carbocycles. The number of rotatable bonds is 3. The SMILES string of the molecule is COc1cc2ccc(Cl)cc2cc1CC(C)O. The van der Waals surface area contributed by atoms with Crippen LogP contribution >= 0.6 is 11.6 Å². The Bertz CT molecular complexity index is 535. The zero-order valence-electron chi connectivity index (χ0n) is 9.90. The Morgan fingerprint density at radius 1 is 1.24 bits per heavy atom. The molecule has 2 nitrogen and oxygen atoms in total. The van der Waals surface area contributed by atoms with Gasteiger partial charge in [-0.3, -0.25) is 0 Å². The lowest BCUT2D eigenvalue weighted by Gasteiger charge is -2.12. The summed E-state index contributed by atoms with van der Waals surface area (Å²) in [6, 6.07) is 9.74. The van der Waals surface area contributed by atoms with Crippen LogP contribution in [0.1, 0.15) is 12.5 Å². The molecule has 0 aliphatic rings. The summed E-state index contributed by atoms with van der Waals surface area (Å²) < 4.78 is 5.34. The summed E-state index contributed by atoms with van der Waals surface area (Å²) in [4.78, 5) is 0. The van der Waals surface area contributed by atoms with Gasteiger partial charge in [-0.05, 0) is 47.5 Å². The number of aliphatic hydroxyl groups is 1. The predicted octanol–water partition coefficient (Wildman–Crippen LogP) is 3.43. The number of benzene rings is 2. The Hall–Kier alpha value is -1.25. The van der Waals surface area contributed by atoms with Gasteiger partial charge in [0.25, 0.3) is 0 Å². The zero-order chi connectivity index (χ0) is 12.4. The number of halogens is 1. The molecule has 2 aromatic rings. The first kappa shape index (κ1) is 12.2. The third-order valence-corrected chi connectivity index (χ3v) is 2.95. The molecule has 0 radical (unpaired) electrons. The van der Waals surface area contributed by atoms with Crippen LogP contribution in [-0.2, 0) is 6.42 Å². The Balaban J connectivity index is 2.57. The second-order valence-corrected chi connectivity index (χ2v) is 4.65. The molecule has 3 heteroatoms. The average molecular weight is 251 g/mol. The third-order valence-electron chi connectivity index (χ3n) is 2.72. The molecule has 17 heavy (non-hydrogen) atoms. The van der Waals surface area contributed by atoms with Crippen LogP contribution in [0.5, 0.6) is 5.75 Å². The van der Waals surface area contributed by atoms with Gasteiger partial charge in [0.05, 0.1) is 13.2 Å². The van der Waals surface area contributed by atoms with Crippen LogP contribution in [0, 0.1) is 0 Å². The number of fused-ring (bicyclic) bond motifs is 1. The van der Waals surface area contributed by atoms with Gasteiger partial charge < -0.3 is 9.84 Å². The van der Waals surface area contributed by atoms with Crippen molar-refractivity contribution in [3.63, 3.8) is 0 Å². The first-order valence-corrected chi connectivity index (χ1v) is 5.92. The van der Waals surface area contributed by atoms with Gasteiger partial charge in [0, 0.05) is 11.4 Å². The molecule has 2 aromatic carbocycles. The van der Waals surface area contributed by atoms with Gasteiger partial charge in [0.15, 0.2) is 0 Å². The number of hydrogen-bond acceptors (Lipinski definition) is 2. The van der Waals surface area contributed by atoms with E-state index in [9.17, 15) is 5.11 Å². The van der Waals surface area contributed by atoms with Crippen LogP contribution in [0.15, 0.2) is 30.3 Å². The molecule has 0 heterocycles. The van der Waals surface area contributed by atoms with E-state index in [0.29, 0.717) is 11.4 Å². The van der Waals surface area contributed by atoms with Gasteiger partial charge in [-0.1, -0.05) is 17.7 Å². The van der Waals surface area contributed by atoms with E-state index in [1.807, 2.05) is 30.3 Å². The van der Waals surface area contributed by atoms with Crippen LogP contribution in [0.25, 0.3) is 10.8 Å². The van der Waals surface area contributed by atoms with Crippen molar-refractivity contribution < 1.29 is 9.84 Å². The van der Waals surface area contributed by atoms with Crippen LogP contribution in [-0.4, -0.2) is 18.3 Å². The van der Waals surface area contributed by atoms with Gasteiger partial charge in [-0.25, -0.2) is 0 Å². The van der Waals surface area contributed by atoms with E-state index < -0.39 is 0 Å². The maximum atomic E-state index is 9.47. The molecule has 0 aliphatic heterocycles. The Morgan fingerprint density at radius 3 is 2.65 bits per heavy atom. The number of ether oxygens (including phenoxy) is 1. The highest BCUT2D eigenvalue weighted by Gasteiger charge is 2.08.